The van der Waals surface area contributed by atoms with Crippen LogP contribution in [0.4, 0.5) is 0 Å². The Morgan fingerprint density at radius 2 is 1.71 bits per heavy atom. The van der Waals surface area contributed by atoms with Gasteiger partial charge >= 0.3 is 0 Å². The fraction of sp³-hybridized carbons (Fsp3) is 0.188. The van der Waals surface area contributed by atoms with Gasteiger partial charge in [0.05, 0.1) is 4.88 Å². The van der Waals surface area contributed by atoms with Gasteiger partial charge in [0.1, 0.15) is 0 Å². The van der Waals surface area contributed by atoms with Gasteiger partial charge in [-0.25, -0.2) is 10.9 Å². The zero-order chi connectivity index (χ0) is 17.0. The number of carbonyl (C=O) groups excluding carboxylic acids is 2. The number of hydrogen-bond acceptors (Lipinski definition) is 6. The molecular weight excluding hydrogens is 326 g/mol. The van der Waals surface area contributed by atoms with E-state index < -0.39 is 0 Å². The van der Waals surface area contributed by atoms with Crippen molar-refractivity contribution in [2.75, 3.05) is 0 Å². The van der Waals surface area contributed by atoms with Crippen molar-refractivity contribution in [3.05, 3.63) is 52.5 Å². The molecule has 0 radical (unpaired) electrons. The Morgan fingerprint density at radius 1 is 1.04 bits per heavy atom. The minimum atomic E-state index is -0.272. The van der Waals surface area contributed by atoms with Crippen molar-refractivity contribution in [2.24, 2.45) is 10.2 Å². The average molecular weight is 343 g/mol. The van der Waals surface area contributed by atoms with Gasteiger partial charge in [0, 0.05) is 30.4 Å². The zero-order valence-electron chi connectivity index (χ0n) is 12.9. The molecule has 0 aromatic carbocycles. The zero-order valence-corrected chi connectivity index (χ0v) is 13.7. The molecular formula is C16H17N5O2S. The Kier molecular flexibility index (Phi) is 7.29. The van der Waals surface area contributed by atoms with Gasteiger partial charge in [-0.3, -0.25) is 14.6 Å². The molecule has 2 aromatic rings. The van der Waals surface area contributed by atoms with Crippen LogP contribution in [-0.4, -0.2) is 29.2 Å². The van der Waals surface area contributed by atoms with Crippen LogP contribution in [0, 0.1) is 0 Å². The highest BCUT2D eigenvalue weighted by molar-refractivity contribution is 7.12. The first kappa shape index (κ1) is 17.5. The summed E-state index contributed by atoms with van der Waals surface area (Å²) in [6, 6.07) is 6.79. The normalized spacial score (nSPS) is 11.0. The molecule has 2 rings (SSSR count). The third-order valence-corrected chi connectivity index (χ3v) is 3.74. The fourth-order valence-electron chi connectivity index (χ4n) is 1.67. The van der Waals surface area contributed by atoms with Gasteiger partial charge in [0.2, 0.25) is 0 Å². The van der Waals surface area contributed by atoms with Crippen molar-refractivity contribution in [1.82, 2.24) is 15.8 Å². The number of thiophene rings is 1. The van der Waals surface area contributed by atoms with Gasteiger partial charge in [0.15, 0.2) is 0 Å². The minimum absolute atomic E-state index is 0.207. The maximum atomic E-state index is 11.7. The number of nitrogens with one attached hydrogen (secondary N) is 2. The van der Waals surface area contributed by atoms with Gasteiger partial charge in [-0.15, -0.1) is 11.3 Å². The summed E-state index contributed by atoms with van der Waals surface area (Å²) in [6.07, 6.45) is 8.60. The monoisotopic (exact) mass is 343 g/mol. The van der Waals surface area contributed by atoms with Gasteiger partial charge in [0.25, 0.3) is 11.8 Å². The Balaban J connectivity index is 1.55. The van der Waals surface area contributed by atoms with E-state index in [4.69, 9.17) is 0 Å². The van der Waals surface area contributed by atoms with Crippen LogP contribution in [0.3, 0.4) is 0 Å². The first-order chi connectivity index (χ1) is 11.8. The van der Waals surface area contributed by atoms with E-state index in [2.05, 4.69) is 26.0 Å². The lowest BCUT2D eigenvalue weighted by Gasteiger charge is -1.98. The van der Waals surface area contributed by atoms with Crippen molar-refractivity contribution in [3.63, 3.8) is 0 Å². The van der Waals surface area contributed by atoms with Crippen LogP contribution in [-0.2, 0) is 0 Å². The summed E-state index contributed by atoms with van der Waals surface area (Å²) in [7, 11) is 0. The quantitative estimate of drug-likeness (QED) is 0.438. The van der Waals surface area contributed by atoms with Crippen molar-refractivity contribution >= 4 is 35.6 Å². The Hall–Kier alpha value is -2.87. The minimum Gasteiger partial charge on any atom is -0.267 e. The Labute approximate surface area is 143 Å². The number of pyridine rings is 1. The summed E-state index contributed by atoms with van der Waals surface area (Å²) in [5.41, 5.74) is 5.42. The first-order valence-electron chi connectivity index (χ1n) is 7.34. The van der Waals surface area contributed by atoms with Crippen LogP contribution in [0.5, 0.6) is 0 Å². The van der Waals surface area contributed by atoms with E-state index in [9.17, 15) is 9.59 Å². The topological polar surface area (TPSA) is 95.8 Å². The molecule has 0 aliphatic rings. The van der Waals surface area contributed by atoms with E-state index in [0.29, 0.717) is 23.3 Å². The second-order valence-corrected chi connectivity index (χ2v) is 5.60. The molecule has 2 aromatic heterocycles. The number of aromatic nitrogens is 1. The van der Waals surface area contributed by atoms with Gasteiger partial charge in [-0.2, -0.15) is 10.2 Å². The van der Waals surface area contributed by atoms with Crippen molar-refractivity contribution in [1.29, 1.82) is 0 Å². The predicted molar refractivity (Wildman–Crippen MR) is 94.3 cm³/mol. The highest BCUT2D eigenvalue weighted by Crippen LogP contribution is 2.07. The molecule has 0 aliphatic carbocycles. The molecule has 124 valence electrons. The lowest BCUT2D eigenvalue weighted by molar-refractivity contribution is 0.0948. The maximum Gasteiger partial charge on any atom is 0.281 e. The highest BCUT2D eigenvalue weighted by atomic mass is 32.1. The van der Waals surface area contributed by atoms with Crippen LogP contribution >= 0.6 is 11.3 Å². The Morgan fingerprint density at radius 3 is 2.33 bits per heavy atom. The van der Waals surface area contributed by atoms with Crippen LogP contribution in [0.25, 0.3) is 0 Å². The van der Waals surface area contributed by atoms with Gasteiger partial charge in [-0.05, 0) is 42.8 Å². The molecule has 2 N–H and O–H groups in total. The standard InChI is InChI=1S/C16H17N5O2S/c22-15(13-6-10-17-11-7-13)20-18-8-2-1-3-9-19-21-16(23)14-5-4-12-24-14/h4-12H,1-3H2,(H,20,22)(H,21,23)/b18-8+,19-9+. The number of unbranched alkanes of at least 4 members (excludes halogenated alkanes) is 2. The maximum absolute atomic E-state index is 11.7. The predicted octanol–water partition coefficient (Wildman–Crippen LogP) is 2.44. The van der Waals surface area contributed by atoms with E-state index in [0.717, 1.165) is 6.42 Å². The van der Waals surface area contributed by atoms with Crippen molar-refractivity contribution in [3.8, 4) is 0 Å². The first-order valence-corrected chi connectivity index (χ1v) is 8.22. The summed E-state index contributed by atoms with van der Waals surface area (Å²) in [5, 5.41) is 9.58. The van der Waals surface area contributed by atoms with Crippen LogP contribution in [0.15, 0.2) is 52.2 Å². The second-order valence-electron chi connectivity index (χ2n) is 4.65. The molecule has 24 heavy (non-hydrogen) atoms. The molecule has 2 amide bonds. The molecule has 0 unspecified atom stereocenters. The van der Waals surface area contributed by atoms with Gasteiger partial charge < -0.3 is 0 Å². The second kappa shape index (κ2) is 10.0. The number of nitrogens with zero attached hydrogens (tertiary/aromatic N) is 3. The number of rotatable bonds is 8. The molecule has 0 saturated carbocycles. The molecule has 0 atom stereocenters. The summed E-state index contributed by atoms with van der Waals surface area (Å²) < 4.78 is 0. The molecule has 0 aliphatic heterocycles. The lowest BCUT2D eigenvalue weighted by Crippen LogP contribution is -2.17. The van der Waals surface area contributed by atoms with Crippen molar-refractivity contribution in [2.45, 2.75) is 19.3 Å². The van der Waals surface area contributed by atoms with E-state index >= 15 is 0 Å². The van der Waals surface area contributed by atoms with Crippen LogP contribution in [0.2, 0.25) is 0 Å². The van der Waals surface area contributed by atoms with E-state index in [1.165, 1.54) is 11.3 Å². The largest absolute Gasteiger partial charge is 0.281 e. The summed E-state index contributed by atoms with van der Waals surface area (Å²) in [6.45, 7) is 0. The number of carbonyl (C=O) groups is 2. The third-order valence-electron chi connectivity index (χ3n) is 2.87. The average Bonchev–Trinajstić information content (AvgIpc) is 3.15. The summed E-state index contributed by atoms with van der Waals surface area (Å²) in [4.78, 5) is 27.7. The fourth-order valence-corrected chi connectivity index (χ4v) is 2.28. The van der Waals surface area contributed by atoms with Crippen molar-refractivity contribution < 1.29 is 9.59 Å². The lowest BCUT2D eigenvalue weighted by atomic mass is 10.2. The third kappa shape index (κ3) is 6.09. The SMILES string of the molecule is O=C(N/N=C/CCC/C=N/NC(=O)c1cccs1)c1ccncc1. The van der Waals surface area contributed by atoms with E-state index in [1.807, 2.05) is 11.4 Å². The van der Waals surface area contributed by atoms with E-state index in [-0.39, 0.29) is 11.8 Å². The molecule has 8 heteroatoms. The Bertz CT molecular complexity index is 699. The van der Waals surface area contributed by atoms with Crippen LogP contribution < -0.4 is 10.9 Å². The number of hydrazone groups is 2. The molecule has 0 spiro atoms. The van der Waals surface area contributed by atoms with Crippen LogP contribution in [0.1, 0.15) is 39.3 Å². The molecule has 7 nitrogen and oxygen atoms in total. The van der Waals surface area contributed by atoms with Gasteiger partial charge in [-0.1, -0.05) is 6.07 Å². The van der Waals surface area contributed by atoms with E-state index in [1.54, 1.807) is 43.0 Å². The molecule has 0 saturated heterocycles. The molecule has 0 fully saturated rings. The summed E-state index contributed by atoms with van der Waals surface area (Å²) in [5.74, 6) is -0.479. The number of hydrogen-bond donors (Lipinski definition) is 2. The smallest absolute Gasteiger partial charge is 0.267 e. The summed E-state index contributed by atoms with van der Waals surface area (Å²) >= 11 is 1.37. The highest BCUT2D eigenvalue weighted by Gasteiger charge is 2.03. The molecule has 0 bridgehead atoms. The number of amides is 2. The molecule has 2 heterocycles.